The van der Waals surface area contributed by atoms with Crippen molar-refractivity contribution in [3.63, 3.8) is 0 Å². The normalized spacial score (nSPS) is 10.6. The summed E-state index contributed by atoms with van der Waals surface area (Å²) >= 11 is 8.00. The van der Waals surface area contributed by atoms with Gasteiger partial charge in [-0.15, -0.1) is 11.6 Å². The molecule has 0 fully saturated rings. The molecule has 0 unspecified atom stereocenters. The van der Waals surface area contributed by atoms with Crippen LogP contribution < -0.4 is 0 Å². The fraction of sp³-hybridized carbons (Fsp3) is 0.100. The summed E-state index contributed by atoms with van der Waals surface area (Å²) in [6.07, 6.45) is 0. The first kappa shape index (κ1) is 9.21. The second kappa shape index (κ2) is 3.80. The lowest BCUT2D eigenvalue weighted by Crippen LogP contribution is -1.90. The molecule has 0 aliphatic rings. The third-order valence-corrected chi connectivity index (χ3v) is 3.12. The zero-order valence-corrected chi connectivity index (χ0v) is 9.71. The number of para-hydroxylation sites is 1. The monoisotopic (exact) mass is 303 g/mol. The summed E-state index contributed by atoms with van der Waals surface area (Å²) in [7, 11) is 0. The predicted molar refractivity (Wildman–Crippen MR) is 64.0 cm³/mol. The second-order valence-corrected chi connectivity index (χ2v) is 4.05. The molecule has 0 bridgehead atoms. The van der Waals surface area contributed by atoms with Gasteiger partial charge in [-0.3, -0.25) is 0 Å². The van der Waals surface area contributed by atoms with E-state index in [1.54, 1.807) is 0 Å². The lowest BCUT2D eigenvalue weighted by molar-refractivity contribution is 1.25. The van der Waals surface area contributed by atoms with Crippen LogP contribution in [0.1, 0.15) is 5.56 Å². The van der Waals surface area contributed by atoms with Crippen LogP contribution in [0.4, 0.5) is 0 Å². The average molecular weight is 304 g/mol. The minimum absolute atomic E-state index is 0.524. The van der Waals surface area contributed by atoms with E-state index in [1.165, 1.54) is 0 Å². The lowest BCUT2D eigenvalue weighted by Gasteiger charge is -2.02. The van der Waals surface area contributed by atoms with Crippen LogP contribution in [0.15, 0.2) is 30.3 Å². The minimum Gasteiger partial charge on any atom is -0.242 e. The van der Waals surface area contributed by atoms with E-state index in [2.05, 4.69) is 39.7 Å². The van der Waals surface area contributed by atoms with Crippen LogP contribution in [0.2, 0.25) is 0 Å². The van der Waals surface area contributed by atoms with Crippen molar-refractivity contribution in [2.24, 2.45) is 0 Å². The Morgan fingerprint density at radius 3 is 2.85 bits per heavy atom. The maximum atomic E-state index is 5.79. The minimum atomic E-state index is 0.524. The summed E-state index contributed by atoms with van der Waals surface area (Å²) in [5, 5.41) is 1.15. The van der Waals surface area contributed by atoms with Gasteiger partial charge in [0.15, 0.2) is 0 Å². The standard InChI is InChI=1S/C10H7ClIN/c11-6-8-5-7-3-1-2-4-9(7)13-10(8)12/h1-5H,6H2. The predicted octanol–water partition coefficient (Wildman–Crippen LogP) is 3.58. The number of benzene rings is 1. The Morgan fingerprint density at radius 2 is 2.08 bits per heavy atom. The van der Waals surface area contributed by atoms with Gasteiger partial charge in [-0.1, -0.05) is 18.2 Å². The maximum absolute atomic E-state index is 5.79. The van der Waals surface area contributed by atoms with Crippen LogP contribution >= 0.6 is 34.2 Å². The smallest absolute Gasteiger partial charge is 0.106 e. The highest BCUT2D eigenvalue weighted by Crippen LogP contribution is 2.19. The quantitative estimate of drug-likeness (QED) is 0.446. The van der Waals surface area contributed by atoms with Crippen LogP contribution in [-0.2, 0) is 5.88 Å². The van der Waals surface area contributed by atoms with Gasteiger partial charge in [-0.2, -0.15) is 0 Å². The number of hydrogen-bond donors (Lipinski definition) is 0. The number of rotatable bonds is 1. The molecule has 1 heterocycles. The number of fused-ring (bicyclic) bond motifs is 1. The van der Waals surface area contributed by atoms with Crippen LogP contribution in [-0.4, -0.2) is 4.98 Å². The van der Waals surface area contributed by atoms with Gasteiger partial charge in [0.05, 0.1) is 5.52 Å². The van der Waals surface area contributed by atoms with Crippen LogP contribution in [0.5, 0.6) is 0 Å². The highest BCUT2D eigenvalue weighted by atomic mass is 127. The molecule has 13 heavy (non-hydrogen) atoms. The number of hydrogen-bond acceptors (Lipinski definition) is 1. The van der Waals surface area contributed by atoms with E-state index in [9.17, 15) is 0 Å². The van der Waals surface area contributed by atoms with Crippen molar-refractivity contribution in [3.8, 4) is 0 Å². The number of halogens is 2. The van der Waals surface area contributed by atoms with Crippen LogP contribution in [0.3, 0.4) is 0 Å². The van der Waals surface area contributed by atoms with E-state index in [1.807, 2.05) is 18.2 Å². The van der Waals surface area contributed by atoms with Gasteiger partial charge >= 0.3 is 0 Å². The van der Waals surface area contributed by atoms with Crippen molar-refractivity contribution in [3.05, 3.63) is 39.6 Å². The summed E-state index contributed by atoms with van der Waals surface area (Å²) in [5.41, 5.74) is 2.13. The number of aromatic nitrogens is 1. The molecule has 0 atom stereocenters. The lowest BCUT2D eigenvalue weighted by atomic mass is 10.2. The van der Waals surface area contributed by atoms with Gasteiger partial charge in [0.1, 0.15) is 3.70 Å². The molecule has 0 saturated carbocycles. The SMILES string of the molecule is ClCc1cc2ccccc2nc1I. The van der Waals surface area contributed by atoms with E-state index in [-0.39, 0.29) is 0 Å². The Kier molecular flexibility index (Phi) is 2.69. The molecule has 0 spiro atoms. The average Bonchev–Trinajstić information content (AvgIpc) is 2.17. The van der Waals surface area contributed by atoms with Crippen molar-refractivity contribution in [2.75, 3.05) is 0 Å². The molecule has 2 aromatic rings. The Bertz CT molecular complexity index is 442. The summed E-state index contributed by atoms with van der Waals surface area (Å²) in [4.78, 5) is 4.45. The van der Waals surface area contributed by atoms with Gasteiger partial charge in [0.2, 0.25) is 0 Å². The largest absolute Gasteiger partial charge is 0.242 e. The van der Waals surface area contributed by atoms with Gasteiger partial charge in [0.25, 0.3) is 0 Å². The molecule has 0 N–H and O–H groups in total. The highest BCUT2D eigenvalue weighted by Gasteiger charge is 2.01. The number of alkyl halides is 1. The molecule has 0 amide bonds. The molecular formula is C10H7ClIN. The summed E-state index contributed by atoms with van der Waals surface area (Å²) in [5.74, 6) is 0.524. The molecule has 2 rings (SSSR count). The second-order valence-electron chi connectivity index (χ2n) is 2.76. The molecule has 66 valence electrons. The molecule has 3 heteroatoms. The Balaban J connectivity index is 2.74. The van der Waals surface area contributed by atoms with Crippen molar-refractivity contribution >= 4 is 45.1 Å². The third-order valence-electron chi connectivity index (χ3n) is 1.89. The summed E-state index contributed by atoms with van der Waals surface area (Å²) in [6.45, 7) is 0. The Morgan fingerprint density at radius 1 is 1.31 bits per heavy atom. The molecule has 1 aromatic carbocycles. The molecule has 0 saturated heterocycles. The van der Waals surface area contributed by atoms with Crippen molar-refractivity contribution in [2.45, 2.75) is 5.88 Å². The van der Waals surface area contributed by atoms with Crippen molar-refractivity contribution in [1.82, 2.24) is 4.98 Å². The van der Waals surface area contributed by atoms with Gasteiger partial charge in [-0.25, -0.2) is 4.98 Å². The van der Waals surface area contributed by atoms with Crippen molar-refractivity contribution < 1.29 is 0 Å². The van der Waals surface area contributed by atoms with Gasteiger partial charge in [-0.05, 0) is 40.3 Å². The first-order valence-electron chi connectivity index (χ1n) is 3.91. The van der Waals surface area contributed by atoms with E-state index in [4.69, 9.17) is 11.6 Å². The van der Waals surface area contributed by atoms with E-state index in [0.717, 1.165) is 20.2 Å². The van der Waals surface area contributed by atoms with Crippen LogP contribution in [0.25, 0.3) is 10.9 Å². The first-order chi connectivity index (χ1) is 6.31. The Hall–Kier alpha value is -0.350. The zero-order valence-electron chi connectivity index (χ0n) is 6.80. The van der Waals surface area contributed by atoms with Gasteiger partial charge < -0.3 is 0 Å². The zero-order chi connectivity index (χ0) is 9.26. The molecule has 0 aliphatic carbocycles. The third kappa shape index (κ3) is 1.79. The molecular weight excluding hydrogens is 296 g/mol. The Labute approximate surface area is 95.3 Å². The molecule has 1 aromatic heterocycles. The van der Waals surface area contributed by atoms with E-state index in [0.29, 0.717) is 5.88 Å². The van der Waals surface area contributed by atoms with Crippen LogP contribution in [0, 0.1) is 3.70 Å². The fourth-order valence-electron chi connectivity index (χ4n) is 1.23. The number of pyridine rings is 1. The molecule has 0 aliphatic heterocycles. The first-order valence-corrected chi connectivity index (χ1v) is 5.52. The number of nitrogens with zero attached hydrogens (tertiary/aromatic N) is 1. The fourth-order valence-corrected chi connectivity index (χ4v) is 2.27. The molecule has 0 radical (unpaired) electrons. The topological polar surface area (TPSA) is 12.9 Å². The summed E-state index contributed by atoms with van der Waals surface area (Å²) in [6, 6.07) is 10.2. The van der Waals surface area contributed by atoms with E-state index >= 15 is 0 Å². The highest BCUT2D eigenvalue weighted by molar-refractivity contribution is 14.1. The van der Waals surface area contributed by atoms with Crippen molar-refractivity contribution in [1.29, 1.82) is 0 Å². The maximum Gasteiger partial charge on any atom is 0.106 e. The van der Waals surface area contributed by atoms with E-state index < -0.39 is 0 Å². The summed E-state index contributed by atoms with van der Waals surface area (Å²) < 4.78 is 0.992. The van der Waals surface area contributed by atoms with Gasteiger partial charge in [0, 0.05) is 11.3 Å². The molecule has 1 nitrogen and oxygen atoms in total.